The minimum atomic E-state index is 0.238. The average Bonchev–Trinajstić information content (AvgIpc) is 3.39. The molecule has 4 heteroatoms. The first kappa shape index (κ1) is 19.8. The number of nitrogens with one attached hydrogen (secondary N) is 2. The van der Waals surface area contributed by atoms with E-state index < -0.39 is 0 Å². The summed E-state index contributed by atoms with van der Waals surface area (Å²) < 4.78 is 0. The van der Waals surface area contributed by atoms with E-state index in [0.29, 0.717) is 5.92 Å². The fraction of sp³-hybridized carbons (Fsp3) is 0.667. The molecule has 0 bridgehead atoms. The number of benzene rings is 1. The van der Waals surface area contributed by atoms with Crippen LogP contribution in [0.1, 0.15) is 57.1 Å². The van der Waals surface area contributed by atoms with Gasteiger partial charge in [0.15, 0.2) is 5.96 Å². The van der Waals surface area contributed by atoms with E-state index in [-0.39, 0.29) is 12.0 Å². The highest BCUT2D eigenvalue weighted by atomic mass is 16.3. The van der Waals surface area contributed by atoms with E-state index in [1.54, 1.807) is 0 Å². The third-order valence-corrected chi connectivity index (χ3v) is 5.25. The van der Waals surface area contributed by atoms with E-state index in [0.717, 1.165) is 44.9 Å². The van der Waals surface area contributed by atoms with E-state index in [4.69, 9.17) is 4.99 Å². The van der Waals surface area contributed by atoms with Gasteiger partial charge in [0.05, 0.1) is 6.54 Å². The van der Waals surface area contributed by atoms with Crippen LogP contribution >= 0.6 is 0 Å². The summed E-state index contributed by atoms with van der Waals surface area (Å²) in [4.78, 5) is 4.89. The lowest BCUT2D eigenvalue weighted by molar-refractivity contribution is 0.251. The van der Waals surface area contributed by atoms with E-state index in [9.17, 15) is 5.11 Å². The second-order valence-electron chi connectivity index (χ2n) is 7.34. The number of aliphatic imine (C=N–C) groups is 1. The Kier molecular flexibility index (Phi) is 7.76. The fourth-order valence-corrected chi connectivity index (χ4v) is 3.58. The maximum absolute atomic E-state index is 9.23. The highest BCUT2D eigenvalue weighted by Crippen LogP contribution is 2.49. The second kappa shape index (κ2) is 9.81. The summed E-state index contributed by atoms with van der Waals surface area (Å²) in [6.07, 6.45) is 5.59. The van der Waals surface area contributed by atoms with Gasteiger partial charge in [-0.05, 0) is 56.6 Å². The molecule has 3 N–H and O–H groups in total. The van der Waals surface area contributed by atoms with Crippen molar-refractivity contribution in [2.75, 3.05) is 26.2 Å². The van der Waals surface area contributed by atoms with Gasteiger partial charge in [-0.25, -0.2) is 0 Å². The molecule has 25 heavy (non-hydrogen) atoms. The number of aliphatic hydroxyl groups excluding tert-OH is 1. The van der Waals surface area contributed by atoms with Crippen molar-refractivity contribution >= 4 is 5.96 Å². The molecule has 4 nitrogen and oxygen atoms in total. The predicted molar refractivity (Wildman–Crippen MR) is 106 cm³/mol. The molecule has 1 atom stereocenters. The lowest BCUT2D eigenvalue weighted by atomic mass is 9.92. The zero-order valence-corrected chi connectivity index (χ0v) is 16.1. The van der Waals surface area contributed by atoms with E-state index in [1.807, 2.05) is 0 Å². The molecule has 0 aliphatic heterocycles. The van der Waals surface area contributed by atoms with Crippen molar-refractivity contribution in [2.24, 2.45) is 10.9 Å². The van der Waals surface area contributed by atoms with Crippen molar-refractivity contribution in [3.05, 3.63) is 35.4 Å². The Labute approximate surface area is 153 Å². The van der Waals surface area contributed by atoms with Gasteiger partial charge in [0, 0.05) is 25.1 Å². The number of nitrogens with zero attached hydrogens (tertiary/aromatic N) is 1. The first-order valence-electron chi connectivity index (χ1n) is 9.84. The number of guanidine groups is 1. The van der Waals surface area contributed by atoms with E-state index >= 15 is 0 Å². The molecule has 0 heterocycles. The molecule has 1 aliphatic carbocycles. The molecule has 0 radical (unpaired) electrons. The summed E-state index contributed by atoms with van der Waals surface area (Å²) in [6.45, 7) is 9.33. The van der Waals surface area contributed by atoms with Gasteiger partial charge in [0.1, 0.15) is 0 Å². The molecule has 0 spiro atoms. The molecule has 2 rings (SSSR count). The van der Waals surface area contributed by atoms with Gasteiger partial charge in [0.2, 0.25) is 0 Å². The van der Waals surface area contributed by atoms with Crippen molar-refractivity contribution in [3.8, 4) is 0 Å². The zero-order chi connectivity index (χ0) is 18.1. The van der Waals surface area contributed by atoms with Crippen LogP contribution in [-0.4, -0.2) is 37.3 Å². The topological polar surface area (TPSA) is 56.6 Å². The number of aliphatic hydroxyl groups is 1. The Morgan fingerprint density at radius 1 is 1.20 bits per heavy atom. The summed E-state index contributed by atoms with van der Waals surface area (Å²) in [5.74, 6) is 1.41. The number of rotatable bonds is 10. The average molecular weight is 346 g/mol. The molecule has 1 unspecified atom stereocenters. The zero-order valence-electron chi connectivity index (χ0n) is 16.1. The molecule has 1 aromatic rings. The molecule has 1 aliphatic rings. The molecule has 0 amide bonds. The monoisotopic (exact) mass is 345 g/mol. The van der Waals surface area contributed by atoms with Crippen LogP contribution in [-0.2, 0) is 5.41 Å². The van der Waals surface area contributed by atoms with Crippen molar-refractivity contribution in [1.82, 2.24) is 10.6 Å². The molecular formula is C21H35N3O. The third-order valence-electron chi connectivity index (χ3n) is 5.25. The van der Waals surface area contributed by atoms with Crippen LogP contribution in [0.3, 0.4) is 0 Å². The first-order chi connectivity index (χ1) is 12.1. The standard InChI is InChI=1S/C21H35N3O/c1-4-8-18(11-14-25)15-23-20(22-5-2)24-16-21(12-13-21)19-10-7-6-9-17(19)3/h6-7,9-10,18,25H,4-5,8,11-16H2,1-3H3,(H2,22,23,24). The fourth-order valence-electron chi connectivity index (χ4n) is 3.58. The van der Waals surface area contributed by atoms with Crippen LogP contribution in [0.4, 0.5) is 0 Å². The van der Waals surface area contributed by atoms with E-state index in [2.05, 4.69) is 55.7 Å². The van der Waals surface area contributed by atoms with Gasteiger partial charge in [-0.2, -0.15) is 0 Å². The lowest BCUT2D eigenvalue weighted by Crippen LogP contribution is -2.40. The first-order valence-corrected chi connectivity index (χ1v) is 9.84. The Morgan fingerprint density at radius 3 is 2.56 bits per heavy atom. The summed E-state index contributed by atoms with van der Waals surface area (Å²) in [5, 5.41) is 16.1. The number of hydrogen-bond donors (Lipinski definition) is 3. The van der Waals surface area contributed by atoms with E-state index in [1.165, 1.54) is 24.0 Å². The summed E-state index contributed by atoms with van der Waals surface area (Å²) in [7, 11) is 0. The normalized spacial score (nSPS) is 17.2. The Bertz CT molecular complexity index is 546. The van der Waals surface area contributed by atoms with Gasteiger partial charge in [-0.3, -0.25) is 4.99 Å². The van der Waals surface area contributed by atoms with Crippen LogP contribution in [0, 0.1) is 12.8 Å². The summed E-state index contributed by atoms with van der Waals surface area (Å²) in [6, 6.07) is 8.71. The minimum Gasteiger partial charge on any atom is -0.396 e. The SMILES string of the molecule is CCCC(CCO)CNC(=NCC1(c2ccccc2C)CC1)NCC. The molecule has 140 valence electrons. The van der Waals surface area contributed by atoms with Crippen LogP contribution in [0.5, 0.6) is 0 Å². The highest BCUT2D eigenvalue weighted by Gasteiger charge is 2.44. The number of aryl methyl sites for hydroxylation is 1. The third kappa shape index (κ3) is 5.74. The Balaban J connectivity index is 1.98. The maximum atomic E-state index is 9.23. The molecule has 1 saturated carbocycles. The van der Waals surface area contributed by atoms with Gasteiger partial charge in [-0.1, -0.05) is 37.6 Å². The second-order valence-corrected chi connectivity index (χ2v) is 7.34. The summed E-state index contributed by atoms with van der Waals surface area (Å²) in [5.41, 5.74) is 3.07. The van der Waals surface area contributed by atoms with Crippen LogP contribution < -0.4 is 10.6 Å². The van der Waals surface area contributed by atoms with Crippen molar-refractivity contribution in [1.29, 1.82) is 0 Å². The van der Waals surface area contributed by atoms with Gasteiger partial charge in [-0.15, -0.1) is 0 Å². The molecule has 0 saturated heterocycles. The molecule has 0 aromatic heterocycles. The molecule has 1 aromatic carbocycles. The van der Waals surface area contributed by atoms with Gasteiger partial charge >= 0.3 is 0 Å². The van der Waals surface area contributed by atoms with Gasteiger partial charge in [0.25, 0.3) is 0 Å². The largest absolute Gasteiger partial charge is 0.396 e. The highest BCUT2D eigenvalue weighted by molar-refractivity contribution is 5.79. The minimum absolute atomic E-state index is 0.238. The van der Waals surface area contributed by atoms with Crippen LogP contribution in [0.2, 0.25) is 0 Å². The van der Waals surface area contributed by atoms with Crippen molar-refractivity contribution < 1.29 is 5.11 Å². The van der Waals surface area contributed by atoms with Crippen LogP contribution in [0.15, 0.2) is 29.3 Å². The smallest absolute Gasteiger partial charge is 0.191 e. The maximum Gasteiger partial charge on any atom is 0.191 e. The quantitative estimate of drug-likeness (QED) is 0.450. The van der Waals surface area contributed by atoms with Crippen molar-refractivity contribution in [3.63, 3.8) is 0 Å². The molecular weight excluding hydrogens is 310 g/mol. The Morgan fingerprint density at radius 2 is 1.96 bits per heavy atom. The Hall–Kier alpha value is -1.55. The lowest BCUT2D eigenvalue weighted by Gasteiger charge is -2.20. The predicted octanol–water partition coefficient (Wildman–Crippen LogP) is 3.38. The number of hydrogen-bond acceptors (Lipinski definition) is 2. The van der Waals surface area contributed by atoms with Gasteiger partial charge < -0.3 is 15.7 Å². The summed E-state index contributed by atoms with van der Waals surface area (Å²) >= 11 is 0. The van der Waals surface area contributed by atoms with Crippen LogP contribution in [0.25, 0.3) is 0 Å². The molecule has 1 fully saturated rings. The van der Waals surface area contributed by atoms with Crippen molar-refractivity contribution in [2.45, 2.75) is 58.3 Å².